The van der Waals surface area contributed by atoms with Crippen molar-refractivity contribution >= 4 is 0 Å². The van der Waals surface area contributed by atoms with Crippen LogP contribution >= 0.6 is 0 Å². The summed E-state index contributed by atoms with van der Waals surface area (Å²) < 4.78 is 0. The number of nitrogens with zero attached hydrogens (tertiary/aromatic N) is 1. The molecule has 20 heavy (non-hydrogen) atoms. The van der Waals surface area contributed by atoms with Crippen molar-refractivity contribution in [2.75, 3.05) is 20.1 Å². The van der Waals surface area contributed by atoms with Crippen LogP contribution in [0.4, 0.5) is 0 Å². The van der Waals surface area contributed by atoms with Gasteiger partial charge in [-0.15, -0.1) is 0 Å². The predicted molar refractivity (Wildman–Crippen MR) is 84.9 cm³/mol. The Labute approximate surface area is 123 Å². The molecule has 1 aromatic carbocycles. The number of rotatable bonds is 1. The van der Waals surface area contributed by atoms with Crippen LogP contribution in [0, 0.1) is 5.92 Å². The SMILES string of the molecule is C[C@H]1CC[C@H](c2ccc3c(c2)CCN(C)C3(C)C)NC1. The molecule has 2 heteroatoms. The van der Waals surface area contributed by atoms with E-state index < -0.39 is 0 Å². The van der Waals surface area contributed by atoms with Gasteiger partial charge in [0.15, 0.2) is 0 Å². The van der Waals surface area contributed by atoms with E-state index in [-0.39, 0.29) is 5.54 Å². The van der Waals surface area contributed by atoms with Crippen LogP contribution in [0.25, 0.3) is 0 Å². The van der Waals surface area contributed by atoms with Crippen LogP contribution in [0.3, 0.4) is 0 Å². The molecule has 0 bridgehead atoms. The van der Waals surface area contributed by atoms with E-state index in [1.165, 1.54) is 36.9 Å². The summed E-state index contributed by atoms with van der Waals surface area (Å²) in [5.41, 5.74) is 4.74. The molecule has 110 valence electrons. The van der Waals surface area contributed by atoms with Crippen LogP contribution in [-0.4, -0.2) is 25.0 Å². The van der Waals surface area contributed by atoms with Crippen molar-refractivity contribution in [3.8, 4) is 0 Å². The molecule has 2 atom stereocenters. The molecular weight excluding hydrogens is 244 g/mol. The standard InChI is InChI=1S/C18H28N2/c1-13-5-8-17(19-12-13)15-6-7-16-14(11-15)9-10-20(4)18(16,2)3/h6-7,11,13,17,19H,5,8-10,12H2,1-4H3/t13-,17+/m0/s1. The first kappa shape index (κ1) is 14.1. The molecule has 2 heterocycles. The molecule has 3 rings (SSSR count). The number of hydrogen-bond acceptors (Lipinski definition) is 2. The van der Waals surface area contributed by atoms with E-state index in [1.54, 1.807) is 5.56 Å². The molecule has 0 amide bonds. The van der Waals surface area contributed by atoms with Gasteiger partial charge in [-0.2, -0.15) is 0 Å². The molecule has 1 saturated heterocycles. The Morgan fingerprint density at radius 1 is 1.25 bits per heavy atom. The summed E-state index contributed by atoms with van der Waals surface area (Å²) in [6.45, 7) is 9.35. The zero-order chi connectivity index (χ0) is 14.3. The molecule has 1 aromatic rings. The van der Waals surface area contributed by atoms with E-state index in [0.29, 0.717) is 6.04 Å². The molecule has 2 aliphatic rings. The molecule has 1 fully saturated rings. The zero-order valence-corrected chi connectivity index (χ0v) is 13.4. The van der Waals surface area contributed by atoms with Gasteiger partial charge >= 0.3 is 0 Å². The monoisotopic (exact) mass is 272 g/mol. The Balaban J connectivity index is 1.87. The minimum absolute atomic E-state index is 0.167. The lowest BCUT2D eigenvalue weighted by Crippen LogP contribution is -2.44. The fourth-order valence-electron chi connectivity index (χ4n) is 3.69. The first-order chi connectivity index (χ1) is 9.48. The highest BCUT2D eigenvalue weighted by atomic mass is 15.2. The summed E-state index contributed by atoms with van der Waals surface area (Å²) in [6.07, 6.45) is 3.82. The molecule has 0 spiro atoms. The first-order valence-electron chi connectivity index (χ1n) is 8.06. The van der Waals surface area contributed by atoms with Gasteiger partial charge in [-0.1, -0.05) is 25.1 Å². The van der Waals surface area contributed by atoms with Gasteiger partial charge in [0.25, 0.3) is 0 Å². The number of likely N-dealkylation sites (N-methyl/N-ethyl adjacent to an activating group) is 1. The minimum atomic E-state index is 0.167. The highest BCUT2D eigenvalue weighted by Crippen LogP contribution is 2.36. The van der Waals surface area contributed by atoms with Gasteiger partial charge in [0, 0.05) is 18.1 Å². The lowest BCUT2D eigenvalue weighted by atomic mass is 9.81. The second kappa shape index (κ2) is 5.16. The fraction of sp³-hybridized carbons (Fsp3) is 0.667. The van der Waals surface area contributed by atoms with Gasteiger partial charge in [0.1, 0.15) is 0 Å². The van der Waals surface area contributed by atoms with Crippen molar-refractivity contribution < 1.29 is 0 Å². The van der Waals surface area contributed by atoms with Crippen LogP contribution in [-0.2, 0) is 12.0 Å². The summed E-state index contributed by atoms with van der Waals surface area (Å²) in [6, 6.07) is 7.77. The third kappa shape index (κ3) is 2.40. The van der Waals surface area contributed by atoms with Gasteiger partial charge in [-0.05, 0) is 69.3 Å². The molecule has 0 unspecified atom stereocenters. The lowest BCUT2D eigenvalue weighted by Gasteiger charge is -2.42. The summed E-state index contributed by atoms with van der Waals surface area (Å²) >= 11 is 0. The zero-order valence-electron chi connectivity index (χ0n) is 13.4. The van der Waals surface area contributed by atoms with E-state index in [1.807, 2.05) is 0 Å². The van der Waals surface area contributed by atoms with Gasteiger partial charge in [0.2, 0.25) is 0 Å². The maximum atomic E-state index is 3.71. The maximum Gasteiger partial charge on any atom is 0.0404 e. The molecule has 0 radical (unpaired) electrons. The predicted octanol–water partition coefficient (Wildman–Crippen LogP) is 3.47. The summed E-state index contributed by atoms with van der Waals surface area (Å²) in [5.74, 6) is 0.830. The van der Waals surface area contributed by atoms with Crippen molar-refractivity contribution in [2.24, 2.45) is 5.92 Å². The molecular formula is C18H28N2. The van der Waals surface area contributed by atoms with Crippen molar-refractivity contribution in [3.63, 3.8) is 0 Å². The Morgan fingerprint density at radius 2 is 2.05 bits per heavy atom. The smallest absolute Gasteiger partial charge is 0.0404 e. The maximum absolute atomic E-state index is 3.71. The molecule has 0 saturated carbocycles. The van der Waals surface area contributed by atoms with Crippen LogP contribution < -0.4 is 5.32 Å². The fourth-order valence-corrected chi connectivity index (χ4v) is 3.69. The number of fused-ring (bicyclic) bond motifs is 1. The van der Waals surface area contributed by atoms with Gasteiger partial charge in [0.05, 0.1) is 0 Å². The van der Waals surface area contributed by atoms with E-state index in [2.05, 4.69) is 56.2 Å². The van der Waals surface area contributed by atoms with E-state index in [9.17, 15) is 0 Å². The third-order valence-electron chi connectivity index (χ3n) is 5.52. The quantitative estimate of drug-likeness (QED) is 0.842. The van der Waals surface area contributed by atoms with E-state index >= 15 is 0 Å². The molecule has 1 N–H and O–H groups in total. The lowest BCUT2D eigenvalue weighted by molar-refractivity contribution is 0.143. The van der Waals surface area contributed by atoms with Crippen molar-refractivity contribution in [3.05, 3.63) is 34.9 Å². The van der Waals surface area contributed by atoms with Crippen LogP contribution in [0.2, 0.25) is 0 Å². The van der Waals surface area contributed by atoms with Crippen LogP contribution in [0.5, 0.6) is 0 Å². The number of piperidine rings is 1. The van der Waals surface area contributed by atoms with Crippen molar-refractivity contribution in [1.29, 1.82) is 0 Å². The van der Waals surface area contributed by atoms with Crippen LogP contribution in [0.15, 0.2) is 18.2 Å². The second-order valence-corrected chi connectivity index (χ2v) is 7.29. The molecule has 2 nitrogen and oxygen atoms in total. The molecule has 0 aliphatic carbocycles. The summed E-state index contributed by atoms with van der Waals surface area (Å²) in [4.78, 5) is 2.47. The average Bonchev–Trinajstić information content (AvgIpc) is 2.44. The molecule has 0 aromatic heterocycles. The number of hydrogen-bond donors (Lipinski definition) is 1. The average molecular weight is 272 g/mol. The van der Waals surface area contributed by atoms with E-state index in [0.717, 1.165) is 12.5 Å². The van der Waals surface area contributed by atoms with Gasteiger partial charge in [-0.25, -0.2) is 0 Å². The highest BCUT2D eigenvalue weighted by molar-refractivity contribution is 5.39. The Bertz CT molecular complexity index is 484. The van der Waals surface area contributed by atoms with E-state index in [4.69, 9.17) is 0 Å². The minimum Gasteiger partial charge on any atom is -0.310 e. The Hall–Kier alpha value is -0.860. The van der Waals surface area contributed by atoms with Crippen LogP contribution in [0.1, 0.15) is 56.3 Å². The summed E-state index contributed by atoms with van der Waals surface area (Å²) in [7, 11) is 2.24. The summed E-state index contributed by atoms with van der Waals surface area (Å²) in [5, 5.41) is 3.71. The normalized spacial score (nSPS) is 30.0. The number of benzene rings is 1. The van der Waals surface area contributed by atoms with Crippen molar-refractivity contribution in [2.45, 2.75) is 51.6 Å². The topological polar surface area (TPSA) is 15.3 Å². The van der Waals surface area contributed by atoms with Gasteiger partial charge in [-0.3, -0.25) is 4.90 Å². The number of nitrogens with one attached hydrogen (secondary N) is 1. The van der Waals surface area contributed by atoms with Gasteiger partial charge < -0.3 is 5.32 Å². The molecule has 2 aliphatic heterocycles. The largest absolute Gasteiger partial charge is 0.310 e. The third-order valence-corrected chi connectivity index (χ3v) is 5.52. The Morgan fingerprint density at radius 3 is 2.75 bits per heavy atom. The first-order valence-corrected chi connectivity index (χ1v) is 8.06. The highest BCUT2D eigenvalue weighted by Gasteiger charge is 2.32. The van der Waals surface area contributed by atoms with Crippen molar-refractivity contribution in [1.82, 2.24) is 10.2 Å². The Kier molecular flexibility index (Phi) is 3.64. The second-order valence-electron chi connectivity index (χ2n) is 7.29.